The molecule has 1 aromatic rings. The van der Waals surface area contributed by atoms with E-state index < -0.39 is 0 Å². The number of benzene rings is 1. The van der Waals surface area contributed by atoms with E-state index in [1.54, 1.807) is 12.1 Å². The first-order chi connectivity index (χ1) is 9.06. The molecule has 1 aliphatic rings. The summed E-state index contributed by atoms with van der Waals surface area (Å²) in [6, 6.07) is 4.88. The number of hydrogen-bond donors (Lipinski definition) is 2. The van der Waals surface area contributed by atoms with Crippen LogP contribution in [0.4, 0.5) is 9.18 Å². The Labute approximate surface area is 121 Å². The second kappa shape index (κ2) is 6.37. The van der Waals surface area contributed by atoms with Gasteiger partial charge >= 0.3 is 6.03 Å². The van der Waals surface area contributed by atoms with Gasteiger partial charge in [0, 0.05) is 17.1 Å². The van der Waals surface area contributed by atoms with Gasteiger partial charge in [0.05, 0.1) is 0 Å². The predicted octanol–water partition coefficient (Wildman–Crippen LogP) is 3.23. The highest BCUT2D eigenvalue weighted by Gasteiger charge is 2.28. The first-order valence-corrected chi connectivity index (χ1v) is 7.34. The molecule has 0 bridgehead atoms. The monoisotopic (exact) mass is 328 g/mol. The number of carbonyl (C=O) groups excluding carboxylic acids is 1. The van der Waals surface area contributed by atoms with E-state index in [2.05, 4.69) is 26.6 Å². The zero-order valence-corrected chi connectivity index (χ0v) is 12.5. The lowest BCUT2D eigenvalue weighted by Gasteiger charge is -2.13. The summed E-state index contributed by atoms with van der Waals surface area (Å²) < 4.78 is 14.3. The molecule has 104 valence electrons. The molecule has 19 heavy (non-hydrogen) atoms. The number of nitrogens with one attached hydrogen (secondary N) is 2. The van der Waals surface area contributed by atoms with Crippen molar-refractivity contribution in [3.63, 3.8) is 0 Å². The molecule has 1 saturated carbocycles. The van der Waals surface area contributed by atoms with E-state index in [0.29, 0.717) is 24.4 Å². The Morgan fingerprint density at radius 3 is 2.95 bits per heavy atom. The van der Waals surface area contributed by atoms with Gasteiger partial charge in [0.2, 0.25) is 0 Å². The van der Waals surface area contributed by atoms with Crippen molar-refractivity contribution in [1.82, 2.24) is 10.6 Å². The first kappa shape index (κ1) is 14.3. The van der Waals surface area contributed by atoms with Crippen LogP contribution in [0.3, 0.4) is 0 Å². The van der Waals surface area contributed by atoms with Crippen molar-refractivity contribution in [3.05, 3.63) is 34.1 Å². The fraction of sp³-hybridized carbons (Fsp3) is 0.500. The molecular weight excluding hydrogens is 311 g/mol. The minimum Gasteiger partial charge on any atom is -0.338 e. The standard InChI is InChI=1S/C14H18BrFN2O/c1-9(10-2-3-10)18-14(19)17-7-6-11-8-12(15)4-5-13(11)16/h4-5,8-10H,2-3,6-7H2,1H3,(H2,17,18,19). The van der Waals surface area contributed by atoms with Crippen LogP contribution in [0.1, 0.15) is 25.3 Å². The van der Waals surface area contributed by atoms with E-state index in [-0.39, 0.29) is 17.9 Å². The van der Waals surface area contributed by atoms with E-state index >= 15 is 0 Å². The van der Waals surface area contributed by atoms with Gasteiger partial charge in [-0.25, -0.2) is 9.18 Å². The SMILES string of the molecule is CC(NC(=O)NCCc1cc(Br)ccc1F)C1CC1. The van der Waals surface area contributed by atoms with Crippen LogP contribution in [0.5, 0.6) is 0 Å². The third kappa shape index (κ3) is 4.49. The van der Waals surface area contributed by atoms with Crippen molar-refractivity contribution in [3.8, 4) is 0 Å². The van der Waals surface area contributed by atoms with Crippen LogP contribution in [-0.4, -0.2) is 18.6 Å². The van der Waals surface area contributed by atoms with Crippen LogP contribution in [-0.2, 0) is 6.42 Å². The molecule has 2 N–H and O–H groups in total. The van der Waals surface area contributed by atoms with E-state index in [1.165, 1.54) is 18.9 Å². The van der Waals surface area contributed by atoms with Gasteiger partial charge in [-0.3, -0.25) is 0 Å². The van der Waals surface area contributed by atoms with Gasteiger partial charge in [0.15, 0.2) is 0 Å². The van der Waals surface area contributed by atoms with Crippen LogP contribution >= 0.6 is 15.9 Å². The Morgan fingerprint density at radius 1 is 1.53 bits per heavy atom. The zero-order valence-electron chi connectivity index (χ0n) is 10.9. The van der Waals surface area contributed by atoms with Gasteiger partial charge in [-0.05, 0) is 55.9 Å². The Morgan fingerprint density at radius 2 is 2.26 bits per heavy atom. The summed E-state index contributed by atoms with van der Waals surface area (Å²) in [5, 5.41) is 5.66. The van der Waals surface area contributed by atoms with Crippen LogP contribution in [0, 0.1) is 11.7 Å². The van der Waals surface area contributed by atoms with E-state index in [4.69, 9.17) is 0 Å². The highest BCUT2D eigenvalue weighted by molar-refractivity contribution is 9.10. The number of amides is 2. The number of halogens is 2. The highest BCUT2D eigenvalue weighted by atomic mass is 79.9. The maximum absolute atomic E-state index is 13.5. The van der Waals surface area contributed by atoms with E-state index in [1.807, 2.05) is 6.92 Å². The molecule has 0 radical (unpaired) electrons. The average Bonchev–Trinajstić information content (AvgIpc) is 3.17. The lowest BCUT2D eigenvalue weighted by Crippen LogP contribution is -2.42. The van der Waals surface area contributed by atoms with Crippen LogP contribution in [0.25, 0.3) is 0 Å². The van der Waals surface area contributed by atoms with Crippen LogP contribution in [0.15, 0.2) is 22.7 Å². The second-order valence-electron chi connectivity index (χ2n) is 5.01. The molecule has 1 fully saturated rings. The summed E-state index contributed by atoms with van der Waals surface area (Å²) in [7, 11) is 0. The summed E-state index contributed by atoms with van der Waals surface area (Å²) in [5.41, 5.74) is 0.602. The molecule has 0 aliphatic heterocycles. The Kier molecular flexibility index (Phi) is 4.80. The average molecular weight is 329 g/mol. The molecule has 0 spiro atoms. The summed E-state index contributed by atoms with van der Waals surface area (Å²) in [6.45, 7) is 2.45. The molecule has 3 nitrogen and oxygen atoms in total. The molecule has 0 aromatic heterocycles. The molecular formula is C14H18BrFN2O. The Balaban J connectivity index is 1.73. The smallest absolute Gasteiger partial charge is 0.315 e. The number of carbonyl (C=O) groups is 1. The number of hydrogen-bond acceptors (Lipinski definition) is 1. The van der Waals surface area contributed by atoms with Gasteiger partial charge in [-0.1, -0.05) is 15.9 Å². The summed E-state index contributed by atoms with van der Waals surface area (Å²) >= 11 is 3.31. The van der Waals surface area contributed by atoms with Gasteiger partial charge < -0.3 is 10.6 Å². The minimum atomic E-state index is -0.239. The van der Waals surface area contributed by atoms with Crippen LogP contribution in [0.2, 0.25) is 0 Å². The van der Waals surface area contributed by atoms with Crippen molar-refractivity contribution < 1.29 is 9.18 Å². The fourth-order valence-corrected chi connectivity index (χ4v) is 2.43. The van der Waals surface area contributed by atoms with Gasteiger partial charge in [0.25, 0.3) is 0 Å². The topological polar surface area (TPSA) is 41.1 Å². The summed E-state index contributed by atoms with van der Waals surface area (Å²) in [5.74, 6) is 0.394. The minimum absolute atomic E-state index is 0.171. The molecule has 0 saturated heterocycles. The second-order valence-corrected chi connectivity index (χ2v) is 5.93. The molecule has 1 unspecified atom stereocenters. The predicted molar refractivity (Wildman–Crippen MR) is 76.5 cm³/mol. The van der Waals surface area contributed by atoms with Gasteiger partial charge in [0.1, 0.15) is 5.82 Å². The zero-order chi connectivity index (χ0) is 13.8. The Hall–Kier alpha value is -1.10. The molecule has 2 amide bonds. The number of urea groups is 1. The molecule has 5 heteroatoms. The van der Waals surface area contributed by atoms with E-state index in [9.17, 15) is 9.18 Å². The van der Waals surface area contributed by atoms with Crippen molar-refractivity contribution in [2.75, 3.05) is 6.54 Å². The maximum atomic E-state index is 13.5. The molecule has 0 heterocycles. The van der Waals surface area contributed by atoms with E-state index in [0.717, 1.165) is 4.47 Å². The molecule has 2 rings (SSSR count). The molecule has 1 aliphatic carbocycles. The third-order valence-corrected chi connectivity index (χ3v) is 3.87. The normalized spacial score (nSPS) is 15.9. The Bertz CT molecular complexity index is 463. The number of rotatable bonds is 5. The summed E-state index contributed by atoms with van der Waals surface area (Å²) in [6.07, 6.45) is 2.88. The largest absolute Gasteiger partial charge is 0.338 e. The highest BCUT2D eigenvalue weighted by Crippen LogP contribution is 2.32. The molecule has 1 atom stereocenters. The quantitative estimate of drug-likeness (QED) is 0.856. The lowest BCUT2D eigenvalue weighted by atomic mass is 10.1. The van der Waals surface area contributed by atoms with Gasteiger partial charge in [-0.2, -0.15) is 0 Å². The van der Waals surface area contributed by atoms with Crippen molar-refractivity contribution in [1.29, 1.82) is 0 Å². The van der Waals surface area contributed by atoms with Crippen LogP contribution < -0.4 is 10.6 Å². The third-order valence-electron chi connectivity index (χ3n) is 3.38. The van der Waals surface area contributed by atoms with Crippen molar-refractivity contribution in [2.24, 2.45) is 5.92 Å². The van der Waals surface area contributed by atoms with Crippen molar-refractivity contribution >= 4 is 22.0 Å². The fourth-order valence-electron chi connectivity index (χ4n) is 2.02. The summed E-state index contributed by atoms with van der Waals surface area (Å²) in [4.78, 5) is 11.6. The molecule has 1 aromatic carbocycles. The van der Waals surface area contributed by atoms with Crippen molar-refractivity contribution in [2.45, 2.75) is 32.2 Å². The first-order valence-electron chi connectivity index (χ1n) is 6.54. The van der Waals surface area contributed by atoms with Gasteiger partial charge in [-0.15, -0.1) is 0 Å². The maximum Gasteiger partial charge on any atom is 0.315 e. The lowest BCUT2D eigenvalue weighted by molar-refractivity contribution is 0.236.